The highest BCUT2D eigenvalue weighted by atomic mass is 127. The molecule has 1 N–H and O–H groups in total. The predicted octanol–water partition coefficient (Wildman–Crippen LogP) is 7.45. The van der Waals surface area contributed by atoms with Gasteiger partial charge < -0.3 is 37.6 Å². The standard InChI is InChI=1S/C16H22BNO3.C10H10INO.C9H9NO/c1-15(2)16(3,4)21-17(20-15)13-10-18(5)14-8-7-11(19-6)9-12(13)14;1-12-6-9(11)8-5-7(13-2)3-4-10(8)12;1-11-8-2-3-9-7(6-8)4-5-10-9/h7-10H,1-6H3;3-6H,1-2H3;2-6,10H,1H3. The molecule has 0 radical (unpaired) electrons. The third-order valence-electron chi connectivity index (χ3n) is 8.64. The summed E-state index contributed by atoms with van der Waals surface area (Å²) >= 11 is 2.34. The number of ether oxygens (including phenoxy) is 3. The fourth-order valence-electron chi connectivity index (χ4n) is 5.29. The van der Waals surface area contributed by atoms with Gasteiger partial charge >= 0.3 is 7.12 Å². The molecule has 1 aliphatic heterocycles. The van der Waals surface area contributed by atoms with Crippen LogP contribution in [-0.4, -0.2) is 53.8 Å². The molecule has 0 bridgehead atoms. The Hall–Kier alpha value is -3.61. The van der Waals surface area contributed by atoms with E-state index in [9.17, 15) is 0 Å². The SMILES string of the molecule is COc1ccc2[nH]ccc2c1.COc1ccc2c(c1)c(B1OC(C)(C)C(C)(C)O1)cn2C.COc1ccc2c(c1)c(I)cn2C. The molecular weight excluding hydrogens is 680 g/mol. The fourth-order valence-corrected chi connectivity index (χ4v) is 6.14. The van der Waals surface area contributed by atoms with E-state index in [0.29, 0.717) is 0 Å². The topological polar surface area (TPSA) is 71.8 Å². The summed E-state index contributed by atoms with van der Waals surface area (Å²) in [7, 11) is 8.77. The second-order valence-corrected chi connectivity index (χ2v) is 13.2. The average molecular weight is 721 g/mol. The zero-order chi connectivity index (χ0) is 32.5. The van der Waals surface area contributed by atoms with Crippen molar-refractivity contribution in [1.29, 1.82) is 0 Å². The highest BCUT2D eigenvalue weighted by molar-refractivity contribution is 14.1. The first-order valence-electron chi connectivity index (χ1n) is 14.8. The van der Waals surface area contributed by atoms with Gasteiger partial charge in [-0.25, -0.2) is 0 Å². The summed E-state index contributed by atoms with van der Waals surface area (Å²) in [6, 6.07) is 20.2. The minimum Gasteiger partial charge on any atom is -0.497 e. The normalized spacial score (nSPS) is 15.0. The molecule has 3 aromatic carbocycles. The van der Waals surface area contributed by atoms with Crippen molar-refractivity contribution in [2.45, 2.75) is 38.9 Å². The van der Waals surface area contributed by atoms with Crippen molar-refractivity contribution < 1.29 is 23.5 Å². The lowest BCUT2D eigenvalue weighted by molar-refractivity contribution is 0.00578. The van der Waals surface area contributed by atoms with Crippen LogP contribution in [0.3, 0.4) is 0 Å². The van der Waals surface area contributed by atoms with Gasteiger partial charge in [-0.3, -0.25) is 0 Å². The maximum atomic E-state index is 6.17. The smallest absolute Gasteiger partial charge is 0.497 e. The molecule has 0 spiro atoms. The van der Waals surface area contributed by atoms with Gasteiger partial charge in [0, 0.05) is 74.4 Å². The first-order valence-corrected chi connectivity index (χ1v) is 15.8. The number of H-pyrrole nitrogens is 1. The Morgan fingerprint density at radius 3 is 1.80 bits per heavy atom. The molecule has 1 saturated heterocycles. The Bertz CT molecular complexity index is 1920. The molecule has 6 aromatic rings. The average Bonchev–Trinajstić information content (AvgIpc) is 3.75. The lowest BCUT2D eigenvalue weighted by Gasteiger charge is -2.32. The van der Waals surface area contributed by atoms with Crippen LogP contribution in [0.4, 0.5) is 0 Å². The maximum Gasteiger partial charge on any atom is 0.497 e. The highest BCUT2D eigenvalue weighted by Gasteiger charge is 2.52. The van der Waals surface area contributed by atoms with Crippen molar-refractivity contribution in [3.63, 3.8) is 0 Å². The Balaban J connectivity index is 0.000000143. The molecule has 8 nitrogen and oxygen atoms in total. The number of rotatable bonds is 4. The van der Waals surface area contributed by atoms with E-state index in [-0.39, 0.29) is 18.3 Å². The van der Waals surface area contributed by atoms with Crippen LogP contribution in [0.2, 0.25) is 0 Å². The van der Waals surface area contributed by atoms with E-state index in [1.165, 1.54) is 19.9 Å². The summed E-state index contributed by atoms with van der Waals surface area (Å²) in [5.41, 5.74) is 3.90. The molecule has 0 aliphatic carbocycles. The van der Waals surface area contributed by atoms with Crippen LogP contribution in [0.25, 0.3) is 32.7 Å². The number of benzene rings is 3. The number of aromatic nitrogens is 3. The third-order valence-corrected chi connectivity index (χ3v) is 9.50. The Morgan fingerprint density at radius 1 is 0.689 bits per heavy atom. The van der Waals surface area contributed by atoms with Crippen LogP contribution in [0.15, 0.2) is 79.3 Å². The van der Waals surface area contributed by atoms with Crippen LogP contribution in [0.5, 0.6) is 17.2 Å². The van der Waals surface area contributed by atoms with Crippen LogP contribution in [0.1, 0.15) is 27.7 Å². The highest BCUT2D eigenvalue weighted by Crippen LogP contribution is 2.37. The molecule has 3 aromatic heterocycles. The van der Waals surface area contributed by atoms with Gasteiger partial charge in [0.15, 0.2) is 0 Å². The summed E-state index contributed by atoms with van der Waals surface area (Å²) in [6.45, 7) is 8.27. The van der Waals surface area contributed by atoms with Crippen molar-refractivity contribution >= 4 is 67.9 Å². The molecular formula is C35H41BIN3O5. The molecule has 236 valence electrons. The van der Waals surface area contributed by atoms with Gasteiger partial charge in [-0.05, 0) is 111 Å². The third kappa shape index (κ3) is 6.68. The van der Waals surface area contributed by atoms with E-state index in [4.69, 9.17) is 23.5 Å². The number of methoxy groups -OCH3 is 3. The zero-order valence-electron chi connectivity index (χ0n) is 27.4. The molecule has 45 heavy (non-hydrogen) atoms. The summed E-state index contributed by atoms with van der Waals surface area (Å²) in [5, 5.41) is 3.54. The lowest BCUT2D eigenvalue weighted by Crippen LogP contribution is -2.41. The largest absolute Gasteiger partial charge is 0.497 e. The minimum atomic E-state index is -0.356. The summed E-state index contributed by atoms with van der Waals surface area (Å²) in [4.78, 5) is 3.12. The first-order chi connectivity index (χ1) is 21.4. The van der Waals surface area contributed by atoms with E-state index in [1.807, 2.05) is 55.7 Å². The predicted molar refractivity (Wildman–Crippen MR) is 192 cm³/mol. The molecule has 7 rings (SSSR count). The molecule has 10 heteroatoms. The van der Waals surface area contributed by atoms with Crippen LogP contribution >= 0.6 is 22.6 Å². The number of halogens is 1. The van der Waals surface area contributed by atoms with E-state index in [0.717, 1.165) is 39.1 Å². The number of aryl methyl sites for hydroxylation is 2. The second kappa shape index (κ2) is 13.0. The van der Waals surface area contributed by atoms with Crippen molar-refractivity contribution in [3.8, 4) is 17.2 Å². The van der Waals surface area contributed by atoms with Crippen molar-refractivity contribution in [3.05, 3.63) is 82.8 Å². The van der Waals surface area contributed by atoms with Gasteiger partial charge in [-0.1, -0.05) is 0 Å². The monoisotopic (exact) mass is 721 g/mol. The number of hydrogen-bond acceptors (Lipinski definition) is 5. The Labute approximate surface area is 278 Å². The van der Waals surface area contributed by atoms with E-state index >= 15 is 0 Å². The second-order valence-electron chi connectivity index (χ2n) is 12.1. The summed E-state index contributed by atoms with van der Waals surface area (Å²) in [5.74, 6) is 2.65. The van der Waals surface area contributed by atoms with E-state index in [2.05, 4.69) is 102 Å². The molecule has 1 fully saturated rings. The van der Waals surface area contributed by atoms with Crippen molar-refractivity contribution in [2.75, 3.05) is 21.3 Å². The fraction of sp³-hybridized carbons (Fsp3) is 0.314. The van der Waals surface area contributed by atoms with Crippen molar-refractivity contribution in [2.24, 2.45) is 14.1 Å². The van der Waals surface area contributed by atoms with Crippen molar-refractivity contribution in [1.82, 2.24) is 14.1 Å². The number of nitrogens with one attached hydrogen (secondary N) is 1. The van der Waals surface area contributed by atoms with Gasteiger partial charge in [0.05, 0.1) is 32.5 Å². The number of hydrogen-bond donors (Lipinski definition) is 1. The maximum absolute atomic E-state index is 6.17. The van der Waals surface area contributed by atoms with Gasteiger partial charge in [0.25, 0.3) is 0 Å². The minimum absolute atomic E-state index is 0.335. The van der Waals surface area contributed by atoms with E-state index in [1.54, 1.807) is 21.3 Å². The van der Waals surface area contributed by atoms with Gasteiger partial charge in [0.2, 0.25) is 0 Å². The zero-order valence-corrected chi connectivity index (χ0v) is 29.6. The number of nitrogens with zero attached hydrogens (tertiary/aromatic N) is 2. The van der Waals surface area contributed by atoms with Crippen LogP contribution in [-0.2, 0) is 23.4 Å². The van der Waals surface area contributed by atoms with Gasteiger partial charge in [-0.2, -0.15) is 0 Å². The molecule has 0 unspecified atom stereocenters. The summed E-state index contributed by atoms with van der Waals surface area (Å²) < 4.78 is 33.4. The first kappa shape index (κ1) is 32.8. The van der Waals surface area contributed by atoms with Crippen LogP contribution in [0, 0.1) is 3.57 Å². The number of aromatic amines is 1. The molecule has 0 atom stereocenters. The lowest BCUT2D eigenvalue weighted by atomic mass is 9.79. The quantitative estimate of drug-likeness (QED) is 0.151. The van der Waals surface area contributed by atoms with E-state index < -0.39 is 0 Å². The number of fused-ring (bicyclic) bond motifs is 3. The molecule has 4 heterocycles. The molecule has 1 aliphatic rings. The molecule has 0 amide bonds. The molecule has 0 saturated carbocycles. The Morgan fingerprint density at radius 2 is 1.20 bits per heavy atom. The van der Waals surface area contributed by atoms with Gasteiger partial charge in [0.1, 0.15) is 17.2 Å². The van der Waals surface area contributed by atoms with Gasteiger partial charge in [-0.15, -0.1) is 0 Å². The Kier molecular flexibility index (Phi) is 9.48. The van der Waals surface area contributed by atoms with Crippen LogP contribution < -0.4 is 19.7 Å². The summed E-state index contributed by atoms with van der Waals surface area (Å²) in [6.07, 6.45) is 6.11.